The molecule has 162 valence electrons. The fourth-order valence-electron chi connectivity index (χ4n) is 3.14. The van der Waals surface area contributed by atoms with E-state index in [0.717, 1.165) is 28.4 Å². The highest BCUT2D eigenvalue weighted by Gasteiger charge is 2.27. The minimum absolute atomic E-state index is 0.0232. The second kappa shape index (κ2) is 12.5. The number of carbonyl (C=O) groups excluding carboxylic acids is 2. The van der Waals surface area contributed by atoms with E-state index in [9.17, 15) is 9.59 Å². The first-order chi connectivity index (χ1) is 14.5. The van der Waals surface area contributed by atoms with Gasteiger partial charge in [-0.15, -0.1) is 11.8 Å². The molecule has 0 saturated heterocycles. The van der Waals surface area contributed by atoms with Crippen molar-refractivity contribution in [3.8, 4) is 5.75 Å². The van der Waals surface area contributed by atoms with E-state index in [1.807, 2.05) is 55.5 Å². The summed E-state index contributed by atoms with van der Waals surface area (Å²) in [4.78, 5) is 28.3. The van der Waals surface area contributed by atoms with Crippen LogP contribution in [0.5, 0.6) is 5.75 Å². The first-order valence-electron chi connectivity index (χ1n) is 10.0. The van der Waals surface area contributed by atoms with Crippen LogP contribution in [0.15, 0.2) is 53.4 Å². The van der Waals surface area contributed by atoms with Crippen LogP contribution in [0.25, 0.3) is 0 Å². The van der Waals surface area contributed by atoms with Gasteiger partial charge < -0.3 is 15.0 Å². The zero-order chi connectivity index (χ0) is 21.9. The molecule has 0 aliphatic carbocycles. The van der Waals surface area contributed by atoms with Crippen LogP contribution in [0, 0.1) is 0 Å². The second-order valence-electron chi connectivity index (χ2n) is 6.82. The lowest BCUT2D eigenvalue weighted by molar-refractivity contribution is -0.141. The zero-order valence-corrected chi connectivity index (χ0v) is 19.3. The standard InChI is InChI=1S/C23H29ClN2O3S/c1-4-21(23(28)25-2)26(16-17-7-5-8-19(15-17)29-3)22(27)9-6-14-30-20-12-10-18(24)11-13-20/h5,7-8,10-13,15,21H,4,6,9,14,16H2,1-3H3,(H,25,28)/t21-/m1/s1. The zero-order valence-electron chi connectivity index (χ0n) is 17.7. The van der Waals surface area contributed by atoms with Crippen LogP contribution in [0.1, 0.15) is 31.7 Å². The number of likely N-dealkylation sites (N-methyl/N-ethyl adjacent to an activating group) is 1. The largest absolute Gasteiger partial charge is 0.497 e. The second-order valence-corrected chi connectivity index (χ2v) is 8.42. The summed E-state index contributed by atoms with van der Waals surface area (Å²) in [6.07, 6.45) is 1.66. The van der Waals surface area contributed by atoms with Crippen molar-refractivity contribution in [3.63, 3.8) is 0 Å². The Bertz CT molecular complexity index is 829. The molecule has 1 N–H and O–H groups in total. The van der Waals surface area contributed by atoms with Gasteiger partial charge in [-0.2, -0.15) is 0 Å². The number of nitrogens with zero attached hydrogens (tertiary/aromatic N) is 1. The number of amides is 2. The predicted molar refractivity (Wildman–Crippen MR) is 123 cm³/mol. The molecule has 1 atom stereocenters. The Labute approximate surface area is 188 Å². The summed E-state index contributed by atoms with van der Waals surface area (Å²) in [7, 11) is 3.21. The first kappa shape index (κ1) is 24.1. The SMILES string of the molecule is CC[C@H](C(=O)NC)N(Cc1cccc(OC)c1)C(=O)CCCSc1ccc(Cl)cc1. The van der Waals surface area contributed by atoms with Gasteiger partial charge in [-0.3, -0.25) is 9.59 Å². The molecule has 0 aliphatic rings. The van der Waals surface area contributed by atoms with Crippen LogP contribution in [-0.2, 0) is 16.1 Å². The summed E-state index contributed by atoms with van der Waals surface area (Å²) >= 11 is 7.61. The van der Waals surface area contributed by atoms with E-state index in [0.29, 0.717) is 24.4 Å². The maximum absolute atomic E-state index is 13.1. The van der Waals surface area contributed by atoms with Crippen LogP contribution in [-0.4, -0.2) is 42.7 Å². The lowest BCUT2D eigenvalue weighted by Gasteiger charge is -2.30. The van der Waals surface area contributed by atoms with Crippen LogP contribution in [0.2, 0.25) is 5.02 Å². The third kappa shape index (κ3) is 7.26. The van der Waals surface area contributed by atoms with Gasteiger partial charge in [0.25, 0.3) is 0 Å². The average molecular weight is 449 g/mol. The average Bonchev–Trinajstić information content (AvgIpc) is 2.77. The van der Waals surface area contributed by atoms with E-state index in [-0.39, 0.29) is 11.8 Å². The molecule has 0 heterocycles. The highest BCUT2D eigenvalue weighted by molar-refractivity contribution is 7.99. The first-order valence-corrected chi connectivity index (χ1v) is 11.4. The van der Waals surface area contributed by atoms with Crippen molar-refractivity contribution < 1.29 is 14.3 Å². The molecule has 0 saturated carbocycles. The molecular formula is C23H29ClN2O3S. The van der Waals surface area contributed by atoms with Gasteiger partial charge in [-0.1, -0.05) is 30.7 Å². The van der Waals surface area contributed by atoms with E-state index in [2.05, 4.69) is 5.32 Å². The highest BCUT2D eigenvalue weighted by atomic mass is 35.5. The van der Waals surface area contributed by atoms with Crippen molar-refractivity contribution in [2.45, 2.75) is 43.7 Å². The van der Waals surface area contributed by atoms with Crippen LogP contribution >= 0.6 is 23.4 Å². The maximum atomic E-state index is 13.1. The number of benzene rings is 2. The van der Waals surface area contributed by atoms with Crippen molar-refractivity contribution in [2.75, 3.05) is 19.9 Å². The summed E-state index contributed by atoms with van der Waals surface area (Å²) in [5.41, 5.74) is 0.931. The van der Waals surface area contributed by atoms with Crippen molar-refractivity contribution in [2.24, 2.45) is 0 Å². The topological polar surface area (TPSA) is 58.6 Å². The molecular weight excluding hydrogens is 420 g/mol. The number of halogens is 1. The minimum atomic E-state index is -0.502. The Morgan fingerprint density at radius 1 is 1.20 bits per heavy atom. The molecule has 30 heavy (non-hydrogen) atoms. The van der Waals surface area contributed by atoms with Crippen LogP contribution in [0.3, 0.4) is 0 Å². The number of thioether (sulfide) groups is 1. The Kier molecular flexibility index (Phi) is 10.0. The van der Waals surface area contributed by atoms with Gasteiger partial charge in [0.05, 0.1) is 7.11 Å². The van der Waals surface area contributed by atoms with Gasteiger partial charge in [-0.25, -0.2) is 0 Å². The summed E-state index contributed by atoms with van der Waals surface area (Å²) in [5, 5.41) is 3.39. The molecule has 0 fully saturated rings. The predicted octanol–water partition coefficient (Wildman–Crippen LogP) is 4.77. The number of rotatable bonds is 11. The number of hydrogen-bond acceptors (Lipinski definition) is 4. The molecule has 0 spiro atoms. The third-order valence-corrected chi connectivity index (χ3v) is 6.09. The van der Waals surface area contributed by atoms with Crippen molar-refractivity contribution in [3.05, 3.63) is 59.1 Å². The van der Waals surface area contributed by atoms with E-state index in [1.165, 1.54) is 0 Å². The fraction of sp³-hybridized carbons (Fsp3) is 0.391. The summed E-state index contributed by atoms with van der Waals surface area (Å²) < 4.78 is 5.29. The van der Waals surface area contributed by atoms with Gasteiger partial charge in [0.2, 0.25) is 11.8 Å². The number of carbonyl (C=O) groups is 2. The molecule has 5 nitrogen and oxygen atoms in total. The molecule has 2 aromatic carbocycles. The summed E-state index contributed by atoms with van der Waals surface area (Å²) in [6.45, 7) is 2.29. The molecule has 0 aliphatic heterocycles. The Hall–Kier alpha value is -2.18. The molecule has 2 rings (SSSR count). The van der Waals surface area contributed by atoms with Crippen LogP contribution < -0.4 is 10.1 Å². The van der Waals surface area contributed by atoms with Gasteiger partial charge in [0.1, 0.15) is 11.8 Å². The molecule has 0 unspecified atom stereocenters. The minimum Gasteiger partial charge on any atom is -0.497 e. The number of nitrogens with one attached hydrogen (secondary N) is 1. The molecule has 2 aromatic rings. The highest BCUT2D eigenvalue weighted by Crippen LogP contribution is 2.22. The van der Waals surface area contributed by atoms with E-state index in [1.54, 1.807) is 30.8 Å². The van der Waals surface area contributed by atoms with E-state index >= 15 is 0 Å². The van der Waals surface area contributed by atoms with Crippen molar-refractivity contribution in [1.82, 2.24) is 10.2 Å². The van der Waals surface area contributed by atoms with Gasteiger partial charge in [0, 0.05) is 29.9 Å². The molecule has 2 amide bonds. The molecule has 0 bridgehead atoms. The Morgan fingerprint density at radius 2 is 1.93 bits per heavy atom. The maximum Gasteiger partial charge on any atom is 0.242 e. The number of ether oxygens (including phenoxy) is 1. The number of hydrogen-bond donors (Lipinski definition) is 1. The summed E-state index contributed by atoms with van der Waals surface area (Å²) in [5.74, 6) is 1.37. The molecule has 0 radical (unpaired) electrons. The lowest BCUT2D eigenvalue weighted by Crippen LogP contribution is -2.48. The third-order valence-electron chi connectivity index (χ3n) is 4.74. The Morgan fingerprint density at radius 3 is 2.57 bits per heavy atom. The van der Waals surface area contributed by atoms with Gasteiger partial charge >= 0.3 is 0 Å². The fourth-order valence-corrected chi connectivity index (χ4v) is 4.12. The van der Waals surface area contributed by atoms with E-state index < -0.39 is 6.04 Å². The van der Waals surface area contributed by atoms with Gasteiger partial charge in [0.15, 0.2) is 0 Å². The normalized spacial score (nSPS) is 11.6. The smallest absolute Gasteiger partial charge is 0.242 e. The van der Waals surface area contributed by atoms with E-state index in [4.69, 9.17) is 16.3 Å². The number of methoxy groups -OCH3 is 1. The Balaban J connectivity index is 2.03. The quantitative estimate of drug-likeness (QED) is 0.397. The van der Waals surface area contributed by atoms with Crippen molar-refractivity contribution >= 4 is 35.2 Å². The molecule has 0 aromatic heterocycles. The lowest BCUT2D eigenvalue weighted by atomic mass is 10.1. The van der Waals surface area contributed by atoms with Crippen LogP contribution in [0.4, 0.5) is 0 Å². The van der Waals surface area contributed by atoms with Gasteiger partial charge in [-0.05, 0) is 60.6 Å². The van der Waals surface area contributed by atoms with Crippen molar-refractivity contribution in [1.29, 1.82) is 0 Å². The monoisotopic (exact) mass is 448 g/mol. The molecule has 7 heteroatoms. The summed E-state index contributed by atoms with van der Waals surface area (Å²) in [6, 6.07) is 14.8.